The average molecular weight is 307 g/mol. The van der Waals surface area contributed by atoms with Crippen molar-refractivity contribution >= 4 is 21.6 Å². The van der Waals surface area contributed by atoms with E-state index in [0.29, 0.717) is 13.0 Å². The Bertz CT molecular complexity index is 538. The Balaban J connectivity index is 2.39. The van der Waals surface area contributed by atoms with Gasteiger partial charge in [-0.1, -0.05) is 12.8 Å². The molecule has 0 spiro atoms. The molecule has 0 bridgehead atoms. The first-order valence-corrected chi connectivity index (χ1v) is 8.23. The fraction of sp³-hybridized carbons (Fsp3) is 0.583. The summed E-state index contributed by atoms with van der Waals surface area (Å²) in [4.78, 5) is 3.68. The lowest BCUT2D eigenvalue weighted by atomic mass is 10.1. The molecule has 19 heavy (non-hydrogen) atoms. The number of hydrogen-bond acceptors (Lipinski definition) is 3. The minimum absolute atomic E-state index is 0.216. The van der Waals surface area contributed by atoms with Crippen LogP contribution in [0.25, 0.3) is 0 Å². The van der Waals surface area contributed by atoms with Gasteiger partial charge in [0.2, 0.25) is 5.03 Å². The first kappa shape index (κ1) is 14.7. The van der Waals surface area contributed by atoms with Gasteiger partial charge >= 0.3 is 0 Å². The van der Waals surface area contributed by atoms with Crippen molar-refractivity contribution in [1.29, 1.82) is 0 Å². The summed E-state index contributed by atoms with van der Waals surface area (Å²) in [6.45, 7) is 0.371. The third-order valence-corrected chi connectivity index (χ3v) is 5.52. The monoisotopic (exact) mass is 306 g/mol. The van der Waals surface area contributed by atoms with E-state index in [1.165, 1.54) is 16.6 Å². The van der Waals surface area contributed by atoms with Gasteiger partial charge in [-0.05, 0) is 25.0 Å². The molecule has 1 saturated heterocycles. The molecule has 1 atom stereocenters. The number of halogens is 2. The van der Waals surface area contributed by atoms with Crippen molar-refractivity contribution in [1.82, 2.24) is 9.29 Å². The van der Waals surface area contributed by atoms with Gasteiger partial charge in [0, 0.05) is 24.7 Å². The summed E-state index contributed by atoms with van der Waals surface area (Å²) in [5, 5.41) is -0.507. The van der Waals surface area contributed by atoms with Gasteiger partial charge in [-0.3, -0.25) is 0 Å². The van der Waals surface area contributed by atoms with Gasteiger partial charge in [0.15, 0.2) is 5.82 Å². The third kappa shape index (κ3) is 3.07. The maximum atomic E-state index is 13.7. The van der Waals surface area contributed by atoms with Gasteiger partial charge in [-0.25, -0.2) is 17.8 Å². The zero-order valence-corrected chi connectivity index (χ0v) is 12.0. The molecule has 7 heteroatoms. The van der Waals surface area contributed by atoms with Gasteiger partial charge in [0.1, 0.15) is 0 Å². The topological polar surface area (TPSA) is 50.3 Å². The summed E-state index contributed by atoms with van der Waals surface area (Å²) in [5.74, 6) is -0.603. The number of hydrogen-bond donors (Lipinski definition) is 0. The smallest absolute Gasteiger partial charge is 0.241 e. The average Bonchev–Trinajstić information content (AvgIpc) is 2.64. The molecule has 0 aliphatic carbocycles. The van der Waals surface area contributed by atoms with Crippen molar-refractivity contribution < 1.29 is 12.8 Å². The molecule has 1 aromatic heterocycles. The van der Waals surface area contributed by atoms with Crippen LogP contribution in [-0.2, 0) is 10.0 Å². The van der Waals surface area contributed by atoms with Crippen molar-refractivity contribution in [2.24, 2.45) is 0 Å². The molecule has 0 saturated carbocycles. The molecule has 2 heterocycles. The zero-order chi connectivity index (χ0) is 13.9. The van der Waals surface area contributed by atoms with Crippen molar-refractivity contribution in [2.75, 3.05) is 12.4 Å². The normalized spacial score (nSPS) is 22.1. The number of rotatable bonds is 3. The van der Waals surface area contributed by atoms with Gasteiger partial charge in [-0.2, -0.15) is 4.31 Å². The van der Waals surface area contributed by atoms with Crippen molar-refractivity contribution in [3.63, 3.8) is 0 Å². The van der Waals surface area contributed by atoms with E-state index in [9.17, 15) is 12.8 Å². The molecule has 1 aromatic rings. The second kappa shape index (κ2) is 6.15. The summed E-state index contributed by atoms with van der Waals surface area (Å²) >= 11 is 5.86. The first-order valence-electron chi connectivity index (χ1n) is 6.25. The van der Waals surface area contributed by atoms with E-state index >= 15 is 0 Å². The fourth-order valence-corrected chi connectivity index (χ4v) is 4.37. The highest BCUT2D eigenvalue weighted by Crippen LogP contribution is 2.25. The summed E-state index contributed by atoms with van der Waals surface area (Å²) in [6.07, 6.45) is 4.65. The summed E-state index contributed by atoms with van der Waals surface area (Å²) in [7, 11) is -3.91. The van der Waals surface area contributed by atoms with E-state index in [4.69, 9.17) is 11.6 Å². The van der Waals surface area contributed by atoms with E-state index in [1.807, 2.05) is 0 Å². The van der Waals surface area contributed by atoms with Crippen LogP contribution in [0.4, 0.5) is 4.39 Å². The number of pyridine rings is 1. The van der Waals surface area contributed by atoms with Crippen LogP contribution in [0.15, 0.2) is 23.4 Å². The van der Waals surface area contributed by atoms with Crippen LogP contribution in [0.1, 0.15) is 25.7 Å². The van der Waals surface area contributed by atoms with Crippen molar-refractivity contribution in [2.45, 2.75) is 36.8 Å². The highest BCUT2D eigenvalue weighted by molar-refractivity contribution is 7.89. The molecule has 0 amide bonds. The van der Waals surface area contributed by atoms with Crippen molar-refractivity contribution in [3.05, 3.63) is 24.1 Å². The first-order chi connectivity index (χ1) is 9.07. The predicted molar refractivity (Wildman–Crippen MR) is 71.1 cm³/mol. The van der Waals surface area contributed by atoms with E-state index in [2.05, 4.69) is 4.98 Å². The van der Waals surface area contributed by atoms with E-state index in [1.54, 1.807) is 0 Å². The zero-order valence-electron chi connectivity index (χ0n) is 10.4. The van der Waals surface area contributed by atoms with Gasteiger partial charge in [-0.15, -0.1) is 11.6 Å². The largest absolute Gasteiger partial charge is 0.263 e. The second-order valence-corrected chi connectivity index (χ2v) is 6.68. The lowest BCUT2D eigenvalue weighted by molar-refractivity contribution is 0.341. The molecule has 4 nitrogen and oxygen atoms in total. The molecule has 0 aromatic carbocycles. The Labute approximate surface area is 117 Å². The highest BCUT2D eigenvalue weighted by atomic mass is 35.5. The lowest BCUT2D eigenvalue weighted by Gasteiger charge is -2.27. The van der Waals surface area contributed by atoms with Crippen LogP contribution in [0, 0.1) is 5.82 Å². The molecule has 1 unspecified atom stereocenters. The minimum Gasteiger partial charge on any atom is -0.241 e. The van der Waals surface area contributed by atoms with Crippen LogP contribution in [0.5, 0.6) is 0 Å². The Morgan fingerprint density at radius 2 is 2.21 bits per heavy atom. The Hall–Kier alpha value is -0.720. The third-order valence-electron chi connectivity index (χ3n) is 3.28. The lowest BCUT2D eigenvalue weighted by Crippen LogP contribution is -2.41. The summed E-state index contributed by atoms with van der Waals surface area (Å²) in [5.41, 5.74) is 0. The highest BCUT2D eigenvalue weighted by Gasteiger charge is 2.34. The number of aromatic nitrogens is 1. The van der Waals surface area contributed by atoms with Crippen LogP contribution in [-0.4, -0.2) is 36.2 Å². The molecule has 106 valence electrons. The maximum absolute atomic E-state index is 13.7. The molecule has 0 N–H and O–H groups in total. The number of nitrogens with zero attached hydrogens (tertiary/aromatic N) is 2. The van der Waals surface area contributed by atoms with Gasteiger partial charge in [0.25, 0.3) is 10.0 Å². The molecule has 1 aliphatic heterocycles. The SMILES string of the molecule is O=S(=O)(c1ncccc1F)N1CCCCCC1CCl. The summed E-state index contributed by atoms with van der Waals surface area (Å²) in [6, 6.07) is 2.19. The molecule has 0 radical (unpaired) electrons. The van der Waals surface area contributed by atoms with E-state index in [0.717, 1.165) is 25.3 Å². The predicted octanol–water partition coefficient (Wildman–Crippen LogP) is 2.39. The quantitative estimate of drug-likeness (QED) is 0.806. The number of alkyl halides is 1. The molecular weight excluding hydrogens is 291 g/mol. The van der Waals surface area contributed by atoms with Crippen LogP contribution < -0.4 is 0 Å². The van der Waals surface area contributed by atoms with Crippen LogP contribution >= 0.6 is 11.6 Å². The minimum atomic E-state index is -3.91. The van der Waals surface area contributed by atoms with Gasteiger partial charge in [0.05, 0.1) is 0 Å². The fourth-order valence-electron chi connectivity index (χ4n) is 2.29. The molecule has 1 aliphatic rings. The van der Waals surface area contributed by atoms with Crippen LogP contribution in [0.3, 0.4) is 0 Å². The Kier molecular flexibility index (Phi) is 4.76. The summed E-state index contributed by atoms with van der Waals surface area (Å²) < 4.78 is 40.0. The molecular formula is C12H16ClFN2O2S. The second-order valence-electron chi connectivity index (χ2n) is 4.56. The van der Waals surface area contributed by atoms with E-state index < -0.39 is 20.9 Å². The van der Waals surface area contributed by atoms with Gasteiger partial charge < -0.3 is 0 Å². The Morgan fingerprint density at radius 3 is 2.89 bits per heavy atom. The standard InChI is InChI=1S/C12H16ClFN2O2S/c13-9-10-5-2-1-3-8-16(10)19(17,18)12-11(14)6-4-7-15-12/h4,6-7,10H,1-3,5,8-9H2. The van der Waals surface area contributed by atoms with Crippen molar-refractivity contribution in [3.8, 4) is 0 Å². The number of sulfonamides is 1. The molecule has 2 rings (SSSR count). The molecule has 1 fully saturated rings. The maximum Gasteiger partial charge on any atom is 0.263 e. The van der Waals surface area contributed by atoms with Crippen LogP contribution in [0.2, 0.25) is 0 Å². The Morgan fingerprint density at radius 1 is 1.42 bits per heavy atom. The van der Waals surface area contributed by atoms with E-state index in [-0.39, 0.29) is 11.9 Å².